The molecule has 0 aliphatic heterocycles. The molecule has 0 fully saturated rings. The van der Waals surface area contributed by atoms with Crippen LogP contribution in [0.3, 0.4) is 0 Å². The molecule has 0 saturated carbocycles. The molecule has 2 heterocycles. The normalized spacial score (nSPS) is 12.1. The first-order chi connectivity index (χ1) is 11.1. The smallest absolute Gasteiger partial charge is 0.316 e. The van der Waals surface area contributed by atoms with Crippen molar-refractivity contribution in [3.05, 3.63) is 34.0 Å². The van der Waals surface area contributed by atoms with Gasteiger partial charge in [0, 0.05) is 18.1 Å². The van der Waals surface area contributed by atoms with Gasteiger partial charge in [0.15, 0.2) is 0 Å². The van der Waals surface area contributed by atoms with Gasteiger partial charge in [0.25, 0.3) is 0 Å². The van der Waals surface area contributed by atoms with Gasteiger partial charge in [-0.15, -0.1) is 11.3 Å². The minimum atomic E-state index is -0.479. The fourth-order valence-electron chi connectivity index (χ4n) is 1.99. The van der Waals surface area contributed by atoms with Crippen molar-refractivity contribution in [3.8, 4) is 12.1 Å². The Balaban J connectivity index is 2.06. The van der Waals surface area contributed by atoms with Crippen LogP contribution in [0, 0.1) is 11.3 Å². The van der Waals surface area contributed by atoms with Crippen molar-refractivity contribution < 1.29 is 4.74 Å². The van der Waals surface area contributed by atoms with Crippen molar-refractivity contribution in [1.29, 1.82) is 5.26 Å². The van der Waals surface area contributed by atoms with E-state index in [4.69, 9.17) is 4.74 Å². The topological polar surface area (TPSA) is 74.9 Å². The summed E-state index contributed by atoms with van der Waals surface area (Å²) in [7, 11) is 4.04. The van der Waals surface area contributed by atoms with Crippen LogP contribution < -0.4 is 4.74 Å². The van der Waals surface area contributed by atoms with E-state index in [9.17, 15) is 5.26 Å². The molecule has 23 heavy (non-hydrogen) atoms. The molecular weight excluding hydrogens is 310 g/mol. The van der Waals surface area contributed by atoms with Crippen LogP contribution >= 0.6 is 11.3 Å². The Labute approximate surface area is 140 Å². The van der Waals surface area contributed by atoms with Crippen LogP contribution in [0.1, 0.15) is 35.7 Å². The van der Waals surface area contributed by atoms with E-state index >= 15 is 0 Å². The van der Waals surface area contributed by atoms with Crippen LogP contribution in [0.4, 0.5) is 0 Å². The minimum Gasteiger partial charge on any atom is -0.463 e. The lowest BCUT2D eigenvalue weighted by Crippen LogP contribution is -2.16. The van der Waals surface area contributed by atoms with Gasteiger partial charge in [0.1, 0.15) is 10.9 Å². The molecule has 0 amide bonds. The summed E-state index contributed by atoms with van der Waals surface area (Å²) < 4.78 is 5.58. The van der Waals surface area contributed by atoms with E-state index in [-0.39, 0.29) is 0 Å². The molecule has 6 nitrogen and oxygen atoms in total. The van der Waals surface area contributed by atoms with Gasteiger partial charge < -0.3 is 9.64 Å². The molecule has 1 atom stereocenters. The van der Waals surface area contributed by atoms with E-state index in [1.165, 1.54) is 11.3 Å². The highest BCUT2D eigenvalue weighted by Gasteiger charge is 2.19. The maximum absolute atomic E-state index is 9.49. The molecule has 2 aromatic rings. The van der Waals surface area contributed by atoms with Gasteiger partial charge in [0.05, 0.1) is 24.1 Å². The van der Waals surface area contributed by atoms with Crippen LogP contribution in [0.15, 0.2) is 17.6 Å². The molecule has 0 aliphatic rings. The van der Waals surface area contributed by atoms with Gasteiger partial charge >= 0.3 is 6.01 Å². The third-order valence-corrected chi connectivity index (χ3v) is 4.20. The van der Waals surface area contributed by atoms with Crippen molar-refractivity contribution in [1.82, 2.24) is 19.9 Å². The average molecular weight is 331 g/mol. The summed E-state index contributed by atoms with van der Waals surface area (Å²) in [6.45, 7) is 3.54. The Morgan fingerprint density at radius 1 is 1.39 bits per heavy atom. The number of aryl methyl sites for hydroxylation is 1. The second-order valence-corrected chi connectivity index (χ2v) is 6.25. The predicted molar refractivity (Wildman–Crippen MR) is 89.6 cm³/mol. The molecule has 0 aromatic carbocycles. The molecule has 0 bridgehead atoms. The van der Waals surface area contributed by atoms with Gasteiger partial charge in [-0.2, -0.15) is 10.2 Å². The Morgan fingerprint density at radius 3 is 2.87 bits per heavy atom. The highest BCUT2D eigenvalue weighted by atomic mass is 32.1. The van der Waals surface area contributed by atoms with Crippen molar-refractivity contribution >= 4 is 11.3 Å². The number of thiazole rings is 1. The Bertz CT molecular complexity index is 664. The summed E-state index contributed by atoms with van der Waals surface area (Å²) in [5, 5.41) is 12.2. The average Bonchev–Trinajstić information content (AvgIpc) is 3.01. The van der Waals surface area contributed by atoms with Crippen molar-refractivity contribution in [2.24, 2.45) is 0 Å². The summed E-state index contributed by atoms with van der Waals surface area (Å²) in [6.07, 6.45) is 3.38. The highest BCUT2D eigenvalue weighted by Crippen LogP contribution is 2.26. The zero-order valence-electron chi connectivity index (χ0n) is 13.7. The second-order valence-electron chi connectivity index (χ2n) is 5.36. The lowest BCUT2D eigenvalue weighted by molar-refractivity contribution is 0.263. The van der Waals surface area contributed by atoms with Crippen molar-refractivity contribution in [2.75, 3.05) is 27.2 Å². The predicted octanol–water partition coefficient (Wildman–Crippen LogP) is 2.48. The standard InChI is InChI=1S/C16H21N5OS/c1-4-12-11-23-15(19-12)13(10-17)14-6-7-18-16(20-14)22-9-5-8-21(2)3/h6-7,11,13H,4-5,8-9H2,1-3H3. The summed E-state index contributed by atoms with van der Waals surface area (Å²) >= 11 is 1.49. The van der Waals surface area contributed by atoms with E-state index in [2.05, 4.69) is 25.9 Å². The monoisotopic (exact) mass is 331 g/mol. The number of hydrogen-bond donors (Lipinski definition) is 0. The zero-order chi connectivity index (χ0) is 16.7. The van der Waals surface area contributed by atoms with E-state index in [0.717, 1.165) is 30.1 Å². The molecule has 1 unspecified atom stereocenters. The van der Waals surface area contributed by atoms with Crippen LogP contribution in [0.5, 0.6) is 6.01 Å². The maximum Gasteiger partial charge on any atom is 0.316 e. The van der Waals surface area contributed by atoms with Crippen molar-refractivity contribution in [3.63, 3.8) is 0 Å². The second kappa shape index (κ2) is 8.56. The summed E-state index contributed by atoms with van der Waals surface area (Å²) in [5.74, 6) is -0.479. The first kappa shape index (κ1) is 17.3. The molecule has 0 spiro atoms. The van der Waals surface area contributed by atoms with Gasteiger partial charge in [-0.1, -0.05) is 6.92 Å². The molecule has 122 valence electrons. The van der Waals surface area contributed by atoms with Crippen molar-refractivity contribution in [2.45, 2.75) is 25.7 Å². The maximum atomic E-state index is 9.49. The van der Waals surface area contributed by atoms with E-state index in [0.29, 0.717) is 18.3 Å². The quantitative estimate of drug-likeness (QED) is 0.692. The van der Waals surface area contributed by atoms with E-state index in [1.807, 2.05) is 26.4 Å². The van der Waals surface area contributed by atoms with Gasteiger partial charge in [-0.25, -0.2) is 9.97 Å². The first-order valence-corrected chi connectivity index (χ1v) is 8.46. The Morgan fingerprint density at radius 2 is 2.22 bits per heavy atom. The number of ether oxygens (including phenoxy) is 1. The Kier molecular flexibility index (Phi) is 6.44. The largest absolute Gasteiger partial charge is 0.463 e. The van der Waals surface area contributed by atoms with E-state index < -0.39 is 5.92 Å². The summed E-state index contributed by atoms with van der Waals surface area (Å²) in [5.41, 5.74) is 1.63. The van der Waals surface area contributed by atoms with Crippen LogP contribution in [0.2, 0.25) is 0 Å². The molecule has 2 rings (SSSR count). The van der Waals surface area contributed by atoms with Crippen LogP contribution in [-0.4, -0.2) is 47.1 Å². The lowest BCUT2D eigenvalue weighted by Gasteiger charge is -2.10. The van der Waals surface area contributed by atoms with Gasteiger partial charge in [-0.3, -0.25) is 0 Å². The third-order valence-electron chi connectivity index (χ3n) is 3.24. The molecule has 0 radical (unpaired) electrons. The fourth-order valence-corrected chi connectivity index (χ4v) is 2.95. The van der Waals surface area contributed by atoms with Crippen LogP contribution in [0.25, 0.3) is 0 Å². The SMILES string of the molecule is CCc1csc(C(C#N)c2ccnc(OCCCN(C)C)n2)n1. The fraction of sp³-hybridized carbons (Fsp3) is 0.500. The third kappa shape index (κ3) is 4.98. The summed E-state index contributed by atoms with van der Waals surface area (Å²) in [4.78, 5) is 15.1. The van der Waals surface area contributed by atoms with Gasteiger partial charge in [-0.05, 0) is 33.0 Å². The molecule has 2 aromatic heterocycles. The molecule has 0 aliphatic carbocycles. The number of aromatic nitrogens is 3. The van der Waals surface area contributed by atoms with E-state index in [1.54, 1.807) is 12.3 Å². The molecule has 7 heteroatoms. The number of nitriles is 1. The lowest BCUT2D eigenvalue weighted by atomic mass is 10.1. The molecule has 0 saturated heterocycles. The molecule has 0 N–H and O–H groups in total. The zero-order valence-corrected chi connectivity index (χ0v) is 14.5. The number of nitrogens with zero attached hydrogens (tertiary/aromatic N) is 5. The number of hydrogen-bond acceptors (Lipinski definition) is 7. The molecular formula is C16H21N5OS. The van der Waals surface area contributed by atoms with Gasteiger partial charge in [0.2, 0.25) is 0 Å². The highest BCUT2D eigenvalue weighted by molar-refractivity contribution is 7.09. The first-order valence-electron chi connectivity index (χ1n) is 7.58. The van der Waals surface area contributed by atoms with Crippen LogP contribution in [-0.2, 0) is 6.42 Å². The minimum absolute atomic E-state index is 0.314. The Hall–Kier alpha value is -2.04. The number of rotatable bonds is 8. The summed E-state index contributed by atoms with van der Waals surface area (Å²) in [6, 6.07) is 4.33.